The first-order valence-corrected chi connectivity index (χ1v) is 12.8. The van der Waals surface area contributed by atoms with E-state index in [1.165, 1.54) is 18.2 Å². The summed E-state index contributed by atoms with van der Waals surface area (Å²) in [7, 11) is 0. The first-order valence-electron chi connectivity index (χ1n) is 12.8. The first-order chi connectivity index (χ1) is 19.0. The van der Waals surface area contributed by atoms with Crippen LogP contribution >= 0.6 is 0 Å². The number of hydrogen-bond donors (Lipinski definition) is 1. The third kappa shape index (κ3) is 5.03. The Morgan fingerprint density at radius 3 is 2.49 bits per heavy atom. The van der Waals surface area contributed by atoms with E-state index in [-0.39, 0.29) is 17.2 Å². The minimum absolute atomic E-state index is 0.218. The number of anilines is 1. The summed E-state index contributed by atoms with van der Waals surface area (Å²) in [5.41, 5.74) is 3.54. The molecule has 1 atom stereocenters. The van der Waals surface area contributed by atoms with E-state index in [4.69, 9.17) is 0 Å². The van der Waals surface area contributed by atoms with Gasteiger partial charge in [-0.3, -0.25) is 9.69 Å². The van der Waals surface area contributed by atoms with E-state index in [1.54, 1.807) is 28.9 Å². The maximum atomic E-state index is 14.5. The number of fused-ring (bicyclic) bond motifs is 1. The van der Waals surface area contributed by atoms with Crippen LogP contribution in [-0.4, -0.2) is 56.3 Å². The Bertz CT molecular complexity index is 1670. The molecule has 0 aliphatic carbocycles. The van der Waals surface area contributed by atoms with Crippen LogP contribution in [0.2, 0.25) is 0 Å². The molecule has 1 unspecified atom stereocenters. The monoisotopic (exact) mass is 527 g/mol. The van der Waals surface area contributed by atoms with Gasteiger partial charge in [-0.15, -0.1) is 5.10 Å². The van der Waals surface area contributed by atoms with Gasteiger partial charge in [0.25, 0.3) is 5.56 Å². The van der Waals surface area contributed by atoms with Crippen LogP contribution in [0.5, 0.6) is 0 Å². The average molecular weight is 528 g/mol. The molecule has 1 aliphatic rings. The van der Waals surface area contributed by atoms with E-state index >= 15 is 0 Å². The molecule has 10 heteroatoms. The minimum Gasteiger partial charge on any atom is -0.367 e. The molecule has 0 spiro atoms. The Morgan fingerprint density at radius 2 is 1.72 bits per heavy atom. The second-order valence-electron chi connectivity index (χ2n) is 9.84. The fourth-order valence-corrected chi connectivity index (χ4v) is 5.26. The van der Waals surface area contributed by atoms with Gasteiger partial charge in [-0.25, -0.2) is 13.5 Å². The third-order valence-corrected chi connectivity index (χ3v) is 7.25. The molecule has 8 nitrogen and oxygen atoms in total. The number of piperazine rings is 1. The summed E-state index contributed by atoms with van der Waals surface area (Å²) < 4.78 is 29.6. The lowest BCUT2D eigenvalue weighted by Gasteiger charge is -2.39. The van der Waals surface area contributed by atoms with Crippen LogP contribution in [0.3, 0.4) is 0 Å². The van der Waals surface area contributed by atoms with Gasteiger partial charge >= 0.3 is 0 Å². The van der Waals surface area contributed by atoms with Crippen LogP contribution in [0.15, 0.2) is 77.6 Å². The van der Waals surface area contributed by atoms with Crippen molar-refractivity contribution in [2.75, 3.05) is 31.1 Å². The summed E-state index contributed by atoms with van der Waals surface area (Å²) in [5, 5.41) is 13.5. The van der Waals surface area contributed by atoms with Crippen molar-refractivity contribution in [1.29, 1.82) is 0 Å². The number of nitrogens with zero attached hydrogens (tertiary/aromatic N) is 6. The first kappa shape index (κ1) is 24.9. The van der Waals surface area contributed by atoms with Crippen molar-refractivity contribution in [2.24, 2.45) is 0 Å². The molecule has 0 amide bonds. The Balaban J connectivity index is 1.39. The van der Waals surface area contributed by atoms with Gasteiger partial charge in [-0.1, -0.05) is 35.9 Å². The molecule has 1 N–H and O–H groups in total. The average Bonchev–Trinajstić information content (AvgIpc) is 3.39. The molecule has 198 valence electrons. The summed E-state index contributed by atoms with van der Waals surface area (Å²) in [6, 6.07) is 20.2. The normalized spacial score (nSPS) is 15.1. The molecule has 1 fully saturated rings. The number of aromatic nitrogens is 5. The molecule has 1 saturated heterocycles. The highest BCUT2D eigenvalue weighted by molar-refractivity contribution is 5.79. The second kappa shape index (κ2) is 10.4. The number of pyridine rings is 1. The van der Waals surface area contributed by atoms with Crippen molar-refractivity contribution < 1.29 is 8.78 Å². The molecule has 1 aliphatic heterocycles. The number of hydrogen-bond acceptors (Lipinski definition) is 6. The Hall–Kier alpha value is -4.44. The quantitative estimate of drug-likeness (QED) is 0.359. The van der Waals surface area contributed by atoms with E-state index in [2.05, 4.69) is 25.4 Å². The van der Waals surface area contributed by atoms with Crippen LogP contribution in [0.1, 0.15) is 28.6 Å². The van der Waals surface area contributed by atoms with E-state index < -0.39 is 6.04 Å². The number of halogens is 2. The zero-order valence-corrected chi connectivity index (χ0v) is 21.4. The van der Waals surface area contributed by atoms with Gasteiger partial charge in [-0.2, -0.15) is 0 Å². The molecule has 0 radical (unpaired) electrons. The number of aromatic amines is 1. The van der Waals surface area contributed by atoms with Crippen molar-refractivity contribution in [3.05, 3.63) is 117 Å². The fraction of sp³-hybridized carbons (Fsp3) is 0.241. The standard InChI is InChI=1S/C29H27F2N7O/c1-19-6-11-25-21(16-19)17-23(29(39)32-25)27(28-33-34-35-38(28)18-20-7-9-22(30)10-8-20)37-14-12-36(13-15-37)26-5-3-2-4-24(26)31/h2-11,16-17,27H,12-15,18H2,1H3,(H,32,39). The zero-order valence-electron chi connectivity index (χ0n) is 21.4. The minimum atomic E-state index is -0.545. The van der Waals surface area contributed by atoms with Crippen molar-refractivity contribution in [2.45, 2.75) is 19.5 Å². The SMILES string of the molecule is Cc1ccc2[nH]c(=O)c(C(c3nnnn3Cc3ccc(F)cc3)N3CCN(c4ccccc4F)CC3)cc2c1. The molecular weight excluding hydrogens is 500 g/mol. The number of para-hydroxylation sites is 1. The van der Waals surface area contributed by atoms with Crippen LogP contribution in [0.4, 0.5) is 14.5 Å². The molecule has 39 heavy (non-hydrogen) atoms. The van der Waals surface area contributed by atoms with Crippen molar-refractivity contribution >= 4 is 16.6 Å². The Labute approximate surface area is 223 Å². The zero-order chi connectivity index (χ0) is 26.9. The molecule has 3 aromatic carbocycles. The number of H-pyrrole nitrogens is 1. The molecular formula is C29H27F2N7O. The van der Waals surface area contributed by atoms with Crippen molar-refractivity contribution in [1.82, 2.24) is 30.1 Å². The largest absolute Gasteiger partial charge is 0.367 e. The summed E-state index contributed by atoms with van der Waals surface area (Å²) in [4.78, 5) is 20.7. The lowest BCUT2D eigenvalue weighted by molar-refractivity contribution is 0.200. The highest BCUT2D eigenvalue weighted by atomic mass is 19.1. The number of aryl methyl sites for hydroxylation is 1. The predicted octanol–water partition coefficient (Wildman–Crippen LogP) is 4.06. The maximum absolute atomic E-state index is 14.5. The summed E-state index contributed by atoms with van der Waals surface area (Å²) in [6.07, 6.45) is 0. The highest BCUT2D eigenvalue weighted by Crippen LogP contribution is 2.30. The number of nitrogens with one attached hydrogen (secondary N) is 1. The van der Waals surface area contributed by atoms with Crippen LogP contribution in [0.25, 0.3) is 10.9 Å². The Kier molecular flexibility index (Phi) is 6.62. The van der Waals surface area contributed by atoms with E-state index in [0.29, 0.717) is 49.8 Å². The smallest absolute Gasteiger partial charge is 0.253 e. The molecule has 0 bridgehead atoms. The fourth-order valence-electron chi connectivity index (χ4n) is 5.26. The van der Waals surface area contributed by atoms with Gasteiger partial charge in [0.05, 0.1) is 12.2 Å². The highest BCUT2D eigenvalue weighted by Gasteiger charge is 2.33. The van der Waals surface area contributed by atoms with E-state index in [1.807, 2.05) is 42.2 Å². The Morgan fingerprint density at radius 1 is 0.949 bits per heavy atom. The molecule has 0 saturated carbocycles. The van der Waals surface area contributed by atoms with Gasteiger partial charge in [0.1, 0.15) is 17.7 Å². The molecule has 5 aromatic rings. The predicted molar refractivity (Wildman–Crippen MR) is 145 cm³/mol. The third-order valence-electron chi connectivity index (χ3n) is 7.25. The summed E-state index contributed by atoms with van der Waals surface area (Å²) >= 11 is 0. The maximum Gasteiger partial charge on any atom is 0.253 e. The van der Waals surface area contributed by atoms with Crippen LogP contribution < -0.4 is 10.5 Å². The topological polar surface area (TPSA) is 82.9 Å². The van der Waals surface area contributed by atoms with Gasteiger partial charge in [0, 0.05) is 37.3 Å². The number of benzene rings is 3. The lowest BCUT2D eigenvalue weighted by atomic mass is 10.0. The summed E-state index contributed by atoms with van der Waals surface area (Å²) in [6.45, 7) is 4.59. The molecule has 6 rings (SSSR count). The van der Waals surface area contributed by atoms with Gasteiger partial charge in [0.2, 0.25) is 0 Å². The van der Waals surface area contributed by atoms with E-state index in [0.717, 1.165) is 22.0 Å². The van der Waals surface area contributed by atoms with Gasteiger partial charge in [-0.05, 0) is 70.8 Å². The molecule has 3 heterocycles. The second-order valence-corrected chi connectivity index (χ2v) is 9.84. The number of tetrazole rings is 1. The molecule has 2 aromatic heterocycles. The van der Waals surface area contributed by atoms with Crippen LogP contribution in [-0.2, 0) is 6.54 Å². The summed E-state index contributed by atoms with van der Waals surface area (Å²) in [5.74, 6) is -0.0671. The number of rotatable bonds is 6. The van der Waals surface area contributed by atoms with Gasteiger partial charge < -0.3 is 9.88 Å². The van der Waals surface area contributed by atoms with Crippen LogP contribution in [0, 0.1) is 18.6 Å². The van der Waals surface area contributed by atoms with Crippen molar-refractivity contribution in [3.63, 3.8) is 0 Å². The lowest BCUT2D eigenvalue weighted by Crippen LogP contribution is -2.49. The van der Waals surface area contributed by atoms with E-state index in [9.17, 15) is 13.6 Å². The van der Waals surface area contributed by atoms with Crippen molar-refractivity contribution in [3.8, 4) is 0 Å². The van der Waals surface area contributed by atoms with Gasteiger partial charge in [0.15, 0.2) is 5.82 Å².